The highest BCUT2D eigenvalue weighted by Crippen LogP contribution is 2.25. The minimum Gasteiger partial charge on any atom is -0.301 e. The van der Waals surface area contributed by atoms with Gasteiger partial charge in [-0.25, -0.2) is 9.37 Å². The van der Waals surface area contributed by atoms with Gasteiger partial charge in [-0.05, 0) is 24.6 Å². The third-order valence-electron chi connectivity index (χ3n) is 2.49. The van der Waals surface area contributed by atoms with Crippen molar-refractivity contribution in [2.24, 2.45) is 0 Å². The number of hydrogen-bond acceptors (Lipinski definition) is 4. The minimum absolute atomic E-state index is 0.233. The molecule has 2 rings (SSSR count). The first-order valence-electron chi connectivity index (χ1n) is 6.09. The van der Waals surface area contributed by atoms with E-state index in [1.54, 1.807) is 6.07 Å². The van der Waals surface area contributed by atoms with Crippen LogP contribution in [-0.2, 0) is 6.42 Å². The number of aromatic amines is 1. The lowest BCUT2D eigenvalue weighted by atomic mass is 10.2. The molecule has 20 heavy (non-hydrogen) atoms. The number of rotatable bonds is 4. The van der Waals surface area contributed by atoms with E-state index in [9.17, 15) is 9.18 Å². The molecule has 4 nitrogen and oxygen atoms in total. The molecule has 102 valence electrons. The highest BCUT2D eigenvalue weighted by atomic mass is 32.2. The molecule has 1 heterocycles. The molecule has 0 saturated carbocycles. The predicted octanol–water partition coefficient (Wildman–Crippen LogP) is 2.88. The zero-order valence-corrected chi connectivity index (χ0v) is 11.6. The van der Waals surface area contributed by atoms with Gasteiger partial charge in [0.05, 0.1) is 11.6 Å². The molecule has 0 aliphatic heterocycles. The fourth-order valence-corrected chi connectivity index (χ4v) is 2.61. The second-order valence-electron chi connectivity index (χ2n) is 4.18. The lowest BCUT2D eigenvalue weighted by Crippen LogP contribution is -2.09. The van der Waals surface area contributed by atoms with Crippen molar-refractivity contribution in [3.05, 3.63) is 51.7 Å². The van der Waals surface area contributed by atoms with Crippen molar-refractivity contribution in [2.75, 3.05) is 0 Å². The van der Waals surface area contributed by atoms with E-state index in [2.05, 4.69) is 9.97 Å². The molecular weight excluding hydrogens is 277 g/mol. The maximum Gasteiger partial charge on any atom is 0.251 e. The molecule has 0 fully saturated rings. The number of hydrogen-bond donors (Lipinski definition) is 1. The van der Waals surface area contributed by atoms with E-state index in [0.717, 1.165) is 24.2 Å². The topological polar surface area (TPSA) is 69.5 Å². The molecule has 0 bridgehead atoms. The van der Waals surface area contributed by atoms with E-state index in [1.807, 2.05) is 13.0 Å². The van der Waals surface area contributed by atoms with E-state index in [1.165, 1.54) is 12.1 Å². The van der Waals surface area contributed by atoms with Crippen LogP contribution < -0.4 is 5.56 Å². The van der Waals surface area contributed by atoms with Gasteiger partial charge < -0.3 is 4.98 Å². The first-order valence-corrected chi connectivity index (χ1v) is 6.91. The maximum absolute atomic E-state index is 13.3. The van der Waals surface area contributed by atoms with Crippen LogP contribution in [0, 0.1) is 17.1 Å². The van der Waals surface area contributed by atoms with Crippen LogP contribution in [0.5, 0.6) is 0 Å². The fourth-order valence-electron chi connectivity index (χ4n) is 1.71. The Balaban J connectivity index is 2.32. The zero-order chi connectivity index (χ0) is 14.5. The molecule has 0 saturated heterocycles. The third kappa shape index (κ3) is 3.68. The van der Waals surface area contributed by atoms with Crippen molar-refractivity contribution < 1.29 is 4.39 Å². The number of nitrogens with zero attached hydrogens (tertiary/aromatic N) is 2. The lowest BCUT2D eigenvalue weighted by Gasteiger charge is -2.04. The molecule has 0 amide bonds. The van der Waals surface area contributed by atoms with Gasteiger partial charge in [-0.1, -0.05) is 25.1 Å². The van der Waals surface area contributed by atoms with Crippen LogP contribution in [0.4, 0.5) is 4.39 Å². The normalized spacial score (nSPS) is 10.2. The van der Waals surface area contributed by atoms with Gasteiger partial charge in [-0.2, -0.15) is 5.26 Å². The van der Waals surface area contributed by atoms with Crippen LogP contribution in [0.25, 0.3) is 0 Å². The van der Waals surface area contributed by atoms with Gasteiger partial charge in [-0.15, -0.1) is 0 Å². The highest BCUT2D eigenvalue weighted by molar-refractivity contribution is 7.99. The van der Waals surface area contributed by atoms with Crippen molar-refractivity contribution in [3.63, 3.8) is 0 Å². The van der Waals surface area contributed by atoms with E-state index in [0.29, 0.717) is 22.2 Å². The highest BCUT2D eigenvalue weighted by Gasteiger charge is 2.06. The van der Waals surface area contributed by atoms with Gasteiger partial charge in [0.25, 0.3) is 5.56 Å². The van der Waals surface area contributed by atoms with Crippen LogP contribution >= 0.6 is 11.8 Å². The lowest BCUT2D eigenvalue weighted by molar-refractivity contribution is 0.623. The molecule has 0 aliphatic rings. The molecule has 0 radical (unpaired) electrons. The summed E-state index contributed by atoms with van der Waals surface area (Å²) in [5.74, 6) is -0.487. The molecule has 2 aromatic rings. The van der Waals surface area contributed by atoms with Crippen molar-refractivity contribution in [1.82, 2.24) is 9.97 Å². The summed E-state index contributed by atoms with van der Waals surface area (Å²) in [5.41, 5.74) is 0.707. The molecule has 0 aliphatic carbocycles. The van der Waals surface area contributed by atoms with Crippen LogP contribution in [0.1, 0.15) is 24.6 Å². The first kappa shape index (κ1) is 14.3. The van der Waals surface area contributed by atoms with Crippen LogP contribution in [0.2, 0.25) is 0 Å². The first-order chi connectivity index (χ1) is 9.60. The monoisotopic (exact) mass is 289 g/mol. The summed E-state index contributed by atoms with van der Waals surface area (Å²) < 4.78 is 13.3. The Kier molecular flexibility index (Phi) is 4.53. The number of benzene rings is 1. The number of aryl methyl sites for hydroxylation is 1. The zero-order valence-electron chi connectivity index (χ0n) is 10.8. The Labute approximate surface area is 119 Å². The molecule has 1 N–H and O–H groups in total. The summed E-state index contributed by atoms with van der Waals surface area (Å²) in [5, 5.41) is 9.21. The van der Waals surface area contributed by atoms with Crippen LogP contribution in [0.15, 0.2) is 39.1 Å². The van der Waals surface area contributed by atoms with Crippen molar-refractivity contribution in [3.8, 4) is 6.07 Å². The van der Waals surface area contributed by atoms with E-state index in [4.69, 9.17) is 5.26 Å². The van der Waals surface area contributed by atoms with E-state index < -0.39 is 5.82 Å². The van der Waals surface area contributed by atoms with Gasteiger partial charge in [0.15, 0.2) is 5.16 Å². The summed E-state index contributed by atoms with van der Waals surface area (Å²) in [7, 11) is 0. The van der Waals surface area contributed by atoms with Gasteiger partial charge >= 0.3 is 0 Å². The number of halogens is 1. The van der Waals surface area contributed by atoms with Gasteiger partial charge in [-0.3, -0.25) is 4.79 Å². The van der Waals surface area contributed by atoms with Crippen molar-refractivity contribution in [1.29, 1.82) is 5.26 Å². The Morgan fingerprint density at radius 3 is 2.90 bits per heavy atom. The van der Waals surface area contributed by atoms with Gasteiger partial charge in [0.1, 0.15) is 5.82 Å². The molecular formula is C14H12FN3OS. The average molecular weight is 289 g/mol. The Morgan fingerprint density at radius 2 is 2.20 bits per heavy atom. The van der Waals surface area contributed by atoms with Gasteiger partial charge in [0, 0.05) is 16.7 Å². The molecule has 0 unspecified atom stereocenters. The Morgan fingerprint density at radius 1 is 1.40 bits per heavy atom. The quantitative estimate of drug-likeness (QED) is 0.879. The molecule has 1 aromatic carbocycles. The fraction of sp³-hybridized carbons (Fsp3) is 0.214. The molecule has 6 heteroatoms. The summed E-state index contributed by atoms with van der Waals surface area (Å²) >= 11 is 1.13. The second kappa shape index (κ2) is 6.35. The number of aromatic nitrogens is 2. The standard InChI is InChI=1S/C14H12FN3OS/c1-2-3-11-7-13(19)18-14(17-11)20-12-5-9(8-16)4-10(15)6-12/h4-7H,2-3H2,1H3,(H,17,18,19). The molecule has 0 spiro atoms. The number of nitriles is 1. The minimum atomic E-state index is -0.487. The van der Waals surface area contributed by atoms with E-state index >= 15 is 0 Å². The van der Waals surface area contributed by atoms with Crippen LogP contribution in [0.3, 0.4) is 0 Å². The maximum atomic E-state index is 13.3. The third-order valence-corrected chi connectivity index (χ3v) is 3.35. The summed E-state index contributed by atoms with van der Waals surface area (Å²) in [6.07, 6.45) is 1.60. The predicted molar refractivity (Wildman–Crippen MR) is 74.1 cm³/mol. The summed E-state index contributed by atoms with van der Waals surface area (Å²) in [6, 6.07) is 7.37. The largest absolute Gasteiger partial charge is 0.301 e. The van der Waals surface area contributed by atoms with E-state index in [-0.39, 0.29) is 11.1 Å². The average Bonchev–Trinajstić information content (AvgIpc) is 2.37. The van der Waals surface area contributed by atoms with Crippen molar-refractivity contribution >= 4 is 11.8 Å². The van der Waals surface area contributed by atoms with Gasteiger partial charge in [0.2, 0.25) is 0 Å². The van der Waals surface area contributed by atoms with Crippen LogP contribution in [-0.4, -0.2) is 9.97 Å². The SMILES string of the molecule is CCCc1cc(=O)[nH]c(Sc2cc(F)cc(C#N)c2)n1. The number of H-pyrrole nitrogens is 1. The smallest absolute Gasteiger partial charge is 0.251 e. The Bertz CT molecular complexity index is 721. The summed E-state index contributed by atoms with van der Waals surface area (Å²) in [6.45, 7) is 2.00. The molecule has 0 atom stereocenters. The summed E-state index contributed by atoms with van der Waals surface area (Å²) in [4.78, 5) is 19.0. The number of nitrogens with one attached hydrogen (secondary N) is 1. The molecule has 1 aromatic heterocycles. The second-order valence-corrected chi connectivity index (χ2v) is 5.24. The Hall–Kier alpha value is -2.13. The van der Waals surface area contributed by atoms with Crippen molar-refractivity contribution in [2.45, 2.75) is 29.8 Å².